The molecular weight excluding hydrogens is 314 g/mol. The molecular formula is C16H19N3O5. The number of ether oxygens (including phenoxy) is 1. The molecule has 1 unspecified atom stereocenters. The lowest BCUT2D eigenvalue weighted by Gasteiger charge is -2.19. The van der Waals surface area contributed by atoms with E-state index in [0.29, 0.717) is 17.8 Å². The van der Waals surface area contributed by atoms with Crippen LogP contribution in [0.1, 0.15) is 29.8 Å². The van der Waals surface area contributed by atoms with Crippen molar-refractivity contribution in [2.24, 2.45) is 0 Å². The number of carbonyl (C=O) groups is 4. The normalized spacial score (nSPS) is 14.8. The standard InChI is InChI=1S/C16H19N3O5/c1-9-5-4-6-12(13(9)18-11(3)20)15(22)24-10(2)14(21)19-8-7-17-16(19)23/h4-6,10H,7-8H2,1-3H3,(H,17,23)(H,18,20). The zero-order chi connectivity index (χ0) is 17.9. The molecule has 0 spiro atoms. The molecule has 24 heavy (non-hydrogen) atoms. The molecule has 0 saturated carbocycles. The van der Waals surface area contributed by atoms with Crippen LogP contribution in [0, 0.1) is 6.92 Å². The van der Waals surface area contributed by atoms with Gasteiger partial charge in [0, 0.05) is 20.0 Å². The SMILES string of the molecule is CC(=O)Nc1c(C)cccc1C(=O)OC(C)C(=O)N1CCNC1=O. The van der Waals surface area contributed by atoms with Crippen LogP contribution in [0.25, 0.3) is 0 Å². The molecule has 4 amide bonds. The summed E-state index contributed by atoms with van der Waals surface area (Å²) in [7, 11) is 0. The molecule has 0 aromatic heterocycles. The lowest BCUT2D eigenvalue weighted by Crippen LogP contribution is -2.41. The number of imide groups is 1. The topological polar surface area (TPSA) is 105 Å². The zero-order valence-electron chi connectivity index (χ0n) is 13.7. The average molecular weight is 333 g/mol. The second-order valence-electron chi connectivity index (χ2n) is 5.45. The second-order valence-corrected chi connectivity index (χ2v) is 5.45. The van der Waals surface area contributed by atoms with Crippen molar-refractivity contribution in [1.82, 2.24) is 10.2 Å². The molecule has 1 aliphatic heterocycles. The van der Waals surface area contributed by atoms with E-state index in [1.165, 1.54) is 19.9 Å². The summed E-state index contributed by atoms with van der Waals surface area (Å²) in [6, 6.07) is 4.39. The van der Waals surface area contributed by atoms with Gasteiger partial charge in [0.15, 0.2) is 6.10 Å². The van der Waals surface area contributed by atoms with Crippen LogP contribution in [0.3, 0.4) is 0 Å². The van der Waals surface area contributed by atoms with Gasteiger partial charge in [-0.05, 0) is 25.5 Å². The first-order valence-electron chi connectivity index (χ1n) is 7.48. The van der Waals surface area contributed by atoms with E-state index >= 15 is 0 Å². The van der Waals surface area contributed by atoms with Crippen LogP contribution in [0.15, 0.2) is 18.2 Å². The number of urea groups is 1. The van der Waals surface area contributed by atoms with Crippen molar-refractivity contribution < 1.29 is 23.9 Å². The highest BCUT2D eigenvalue weighted by molar-refractivity contribution is 6.03. The first-order valence-corrected chi connectivity index (χ1v) is 7.48. The van der Waals surface area contributed by atoms with Gasteiger partial charge in [-0.25, -0.2) is 9.59 Å². The fraction of sp³-hybridized carbons (Fsp3) is 0.375. The minimum absolute atomic E-state index is 0.149. The van der Waals surface area contributed by atoms with E-state index in [0.717, 1.165) is 4.90 Å². The molecule has 2 rings (SSSR count). The molecule has 1 saturated heterocycles. The van der Waals surface area contributed by atoms with Crippen LogP contribution < -0.4 is 10.6 Å². The molecule has 1 heterocycles. The monoisotopic (exact) mass is 333 g/mol. The van der Waals surface area contributed by atoms with E-state index < -0.39 is 24.0 Å². The smallest absolute Gasteiger partial charge is 0.341 e. The Morgan fingerprint density at radius 2 is 2.04 bits per heavy atom. The number of esters is 1. The Labute approximate surface area is 139 Å². The molecule has 1 aromatic carbocycles. The van der Waals surface area contributed by atoms with Gasteiger partial charge in [0.05, 0.1) is 11.3 Å². The molecule has 8 heteroatoms. The molecule has 1 aromatic rings. The van der Waals surface area contributed by atoms with Crippen LogP contribution in [0.4, 0.5) is 10.5 Å². The van der Waals surface area contributed by atoms with Gasteiger partial charge in [-0.2, -0.15) is 0 Å². The molecule has 2 N–H and O–H groups in total. The average Bonchev–Trinajstić information content (AvgIpc) is 2.94. The lowest BCUT2D eigenvalue weighted by atomic mass is 10.1. The summed E-state index contributed by atoms with van der Waals surface area (Å²) >= 11 is 0. The number of rotatable bonds is 4. The van der Waals surface area contributed by atoms with E-state index in [4.69, 9.17) is 4.74 Å². The van der Waals surface area contributed by atoms with Crippen LogP contribution in [0.5, 0.6) is 0 Å². The van der Waals surface area contributed by atoms with Gasteiger partial charge in [0.25, 0.3) is 5.91 Å². The van der Waals surface area contributed by atoms with Crippen molar-refractivity contribution >= 4 is 29.5 Å². The highest BCUT2D eigenvalue weighted by atomic mass is 16.5. The van der Waals surface area contributed by atoms with Crippen LogP contribution in [-0.4, -0.2) is 47.9 Å². The van der Waals surface area contributed by atoms with E-state index in [1.54, 1.807) is 19.1 Å². The van der Waals surface area contributed by atoms with Gasteiger partial charge < -0.3 is 15.4 Å². The predicted molar refractivity (Wildman–Crippen MR) is 85.5 cm³/mol. The van der Waals surface area contributed by atoms with Crippen molar-refractivity contribution in [2.75, 3.05) is 18.4 Å². The van der Waals surface area contributed by atoms with Crippen molar-refractivity contribution in [3.8, 4) is 0 Å². The zero-order valence-corrected chi connectivity index (χ0v) is 13.7. The predicted octanol–water partition coefficient (Wildman–Crippen LogP) is 1.05. The van der Waals surface area contributed by atoms with Crippen LogP contribution in [0.2, 0.25) is 0 Å². The maximum absolute atomic E-state index is 12.4. The van der Waals surface area contributed by atoms with Crippen molar-refractivity contribution in [3.05, 3.63) is 29.3 Å². The lowest BCUT2D eigenvalue weighted by molar-refractivity contribution is -0.136. The van der Waals surface area contributed by atoms with E-state index in [2.05, 4.69) is 10.6 Å². The number of hydrogen-bond acceptors (Lipinski definition) is 5. The number of aryl methyl sites for hydroxylation is 1. The number of benzene rings is 1. The Morgan fingerprint density at radius 1 is 1.33 bits per heavy atom. The Bertz CT molecular complexity index is 701. The maximum Gasteiger partial charge on any atom is 0.341 e. The van der Waals surface area contributed by atoms with Gasteiger partial charge in [0.1, 0.15) is 0 Å². The maximum atomic E-state index is 12.4. The first-order chi connectivity index (χ1) is 11.3. The Hall–Kier alpha value is -2.90. The van der Waals surface area contributed by atoms with E-state index in [-0.39, 0.29) is 18.0 Å². The third kappa shape index (κ3) is 3.70. The molecule has 0 aliphatic carbocycles. The summed E-state index contributed by atoms with van der Waals surface area (Å²) < 4.78 is 5.17. The summed E-state index contributed by atoms with van der Waals surface area (Å²) in [6.07, 6.45) is -1.12. The van der Waals surface area contributed by atoms with Crippen LogP contribution in [-0.2, 0) is 14.3 Å². The molecule has 128 valence electrons. The van der Waals surface area contributed by atoms with Gasteiger partial charge in [0.2, 0.25) is 5.91 Å². The molecule has 1 atom stereocenters. The van der Waals surface area contributed by atoms with Crippen LogP contribution >= 0.6 is 0 Å². The molecule has 1 fully saturated rings. The summed E-state index contributed by atoms with van der Waals surface area (Å²) in [5.74, 6) is -1.66. The first kappa shape index (κ1) is 17.5. The largest absolute Gasteiger partial charge is 0.449 e. The highest BCUT2D eigenvalue weighted by Gasteiger charge is 2.32. The molecule has 1 aliphatic rings. The van der Waals surface area contributed by atoms with E-state index in [1.807, 2.05) is 0 Å². The van der Waals surface area contributed by atoms with Gasteiger partial charge in [-0.1, -0.05) is 12.1 Å². The number of amides is 4. The summed E-state index contributed by atoms with van der Waals surface area (Å²) in [4.78, 5) is 48.4. The van der Waals surface area contributed by atoms with Gasteiger partial charge in [-0.15, -0.1) is 0 Å². The van der Waals surface area contributed by atoms with E-state index in [9.17, 15) is 19.2 Å². The minimum atomic E-state index is -1.12. The minimum Gasteiger partial charge on any atom is -0.449 e. The summed E-state index contributed by atoms with van der Waals surface area (Å²) in [5, 5.41) is 5.09. The van der Waals surface area contributed by atoms with Crippen molar-refractivity contribution in [3.63, 3.8) is 0 Å². The molecule has 0 radical (unpaired) electrons. The van der Waals surface area contributed by atoms with Gasteiger partial charge in [-0.3, -0.25) is 14.5 Å². The number of nitrogens with one attached hydrogen (secondary N) is 2. The number of para-hydroxylation sites is 1. The quantitative estimate of drug-likeness (QED) is 0.801. The third-order valence-corrected chi connectivity index (χ3v) is 3.55. The molecule has 8 nitrogen and oxygen atoms in total. The highest BCUT2D eigenvalue weighted by Crippen LogP contribution is 2.22. The summed E-state index contributed by atoms with van der Waals surface area (Å²) in [5.41, 5.74) is 1.18. The fourth-order valence-corrected chi connectivity index (χ4v) is 2.36. The fourth-order valence-electron chi connectivity index (χ4n) is 2.36. The second kappa shape index (κ2) is 7.12. The summed E-state index contributed by atoms with van der Waals surface area (Å²) in [6.45, 7) is 5.08. The Kier molecular flexibility index (Phi) is 5.18. The number of carbonyl (C=O) groups excluding carboxylic acids is 4. The Balaban J connectivity index is 2.14. The Morgan fingerprint density at radius 3 is 2.62 bits per heavy atom. The molecule has 0 bridgehead atoms. The van der Waals surface area contributed by atoms with Crippen molar-refractivity contribution in [2.45, 2.75) is 26.9 Å². The number of hydrogen-bond donors (Lipinski definition) is 2. The third-order valence-electron chi connectivity index (χ3n) is 3.55. The number of nitrogens with zero attached hydrogens (tertiary/aromatic N) is 1. The van der Waals surface area contributed by atoms with Gasteiger partial charge >= 0.3 is 12.0 Å². The van der Waals surface area contributed by atoms with Crippen molar-refractivity contribution in [1.29, 1.82) is 0 Å². The number of anilines is 1.